The number of likely N-dealkylation sites (tertiary alicyclic amines) is 1. The largest absolute Gasteiger partial charge is 0.396 e. The van der Waals surface area contributed by atoms with E-state index in [1.165, 1.54) is 12.8 Å². The quantitative estimate of drug-likeness (QED) is 0.262. The van der Waals surface area contributed by atoms with Gasteiger partial charge in [-0.1, -0.05) is 36.4 Å². The van der Waals surface area contributed by atoms with E-state index < -0.39 is 0 Å². The van der Waals surface area contributed by atoms with E-state index in [2.05, 4.69) is 20.5 Å². The van der Waals surface area contributed by atoms with Gasteiger partial charge >= 0.3 is 0 Å². The number of anilines is 1. The minimum absolute atomic E-state index is 0.0802. The van der Waals surface area contributed by atoms with E-state index in [4.69, 9.17) is 0 Å². The van der Waals surface area contributed by atoms with Gasteiger partial charge in [-0.05, 0) is 87.1 Å². The van der Waals surface area contributed by atoms with Gasteiger partial charge in [0, 0.05) is 30.1 Å². The number of benzene rings is 2. The molecule has 0 saturated carbocycles. The summed E-state index contributed by atoms with van der Waals surface area (Å²) in [7, 11) is 0. The molecule has 3 heterocycles. The van der Waals surface area contributed by atoms with Crippen molar-refractivity contribution in [2.24, 2.45) is 0 Å². The number of aryl methyl sites for hydroxylation is 1. The number of aliphatic hydroxyl groups excluding tert-OH is 1. The zero-order valence-corrected chi connectivity index (χ0v) is 21.3. The van der Waals surface area contributed by atoms with Gasteiger partial charge in [-0.3, -0.25) is 9.59 Å². The number of nitrogens with zero attached hydrogens (tertiary/aromatic N) is 1. The van der Waals surface area contributed by atoms with E-state index >= 15 is 0 Å². The van der Waals surface area contributed by atoms with Crippen molar-refractivity contribution >= 4 is 29.2 Å². The molecule has 5 rings (SSSR count). The van der Waals surface area contributed by atoms with E-state index in [-0.39, 0.29) is 18.4 Å². The predicted molar refractivity (Wildman–Crippen MR) is 147 cm³/mol. The van der Waals surface area contributed by atoms with Gasteiger partial charge in [0.2, 0.25) is 0 Å². The topological polar surface area (TPSA) is 97.5 Å². The van der Waals surface area contributed by atoms with Crippen LogP contribution in [0.25, 0.3) is 22.8 Å². The summed E-state index contributed by atoms with van der Waals surface area (Å²) in [4.78, 5) is 31.9. The second-order valence-corrected chi connectivity index (χ2v) is 9.85. The summed E-state index contributed by atoms with van der Waals surface area (Å²) >= 11 is 0. The summed E-state index contributed by atoms with van der Waals surface area (Å²) in [5.74, 6) is -0.334. The van der Waals surface area contributed by atoms with Crippen LogP contribution in [0.4, 0.5) is 5.69 Å². The number of aromatic amines is 1. The van der Waals surface area contributed by atoms with Crippen molar-refractivity contribution in [1.29, 1.82) is 0 Å². The molecular formula is C30H34N4O3. The van der Waals surface area contributed by atoms with Crippen LogP contribution in [0.2, 0.25) is 0 Å². The van der Waals surface area contributed by atoms with Crippen molar-refractivity contribution in [3.05, 3.63) is 76.6 Å². The number of H-pyrrole nitrogens is 1. The molecule has 2 amide bonds. The molecule has 2 aliphatic rings. The van der Waals surface area contributed by atoms with Crippen LogP contribution in [-0.2, 0) is 11.2 Å². The van der Waals surface area contributed by atoms with Crippen molar-refractivity contribution < 1.29 is 14.7 Å². The number of amides is 2. The minimum atomic E-state index is -0.196. The average Bonchev–Trinajstić information content (AvgIpc) is 3.62. The van der Waals surface area contributed by atoms with Crippen LogP contribution in [0.15, 0.2) is 48.5 Å². The molecule has 0 unspecified atom stereocenters. The van der Waals surface area contributed by atoms with Crippen molar-refractivity contribution in [3.63, 3.8) is 0 Å². The number of hydrogen-bond acceptors (Lipinski definition) is 4. The first-order valence-electron chi connectivity index (χ1n) is 13.1. The standard InChI is InChI=1S/C30H34N4O3/c1-20-17-24(29(36)31-12-6-15-34-13-2-3-14-34)27(32-20)19-25-28-23(9-5-10-26(28)33-30(25)37)22-8-4-7-21(18-22)11-16-35/h4-5,7-10,17-19,32,35H,2-3,6,11-16H2,1H3,(H,31,36)(H,33,37). The number of aliphatic hydroxyl groups is 1. The maximum Gasteiger partial charge on any atom is 0.256 e. The number of carbonyl (C=O) groups is 2. The summed E-state index contributed by atoms with van der Waals surface area (Å²) in [6.45, 7) is 5.92. The van der Waals surface area contributed by atoms with Crippen molar-refractivity contribution in [1.82, 2.24) is 15.2 Å². The number of aromatic nitrogens is 1. The zero-order chi connectivity index (χ0) is 25.8. The van der Waals surface area contributed by atoms with Crippen LogP contribution < -0.4 is 10.6 Å². The van der Waals surface area contributed by atoms with Crippen molar-refractivity contribution in [3.8, 4) is 11.1 Å². The van der Waals surface area contributed by atoms with Crippen LogP contribution in [0, 0.1) is 6.92 Å². The maximum atomic E-state index is 13.1. The number of carbonyl (C=O) groups excluding carboxylic acids is 2. The number of rotatable bonds is 9. The van der Waals surface area contributed by atoms with Gasteiger partial charge in [0.05, 0.1) is 16.8 Å². The highest BCUT2D eigenvalue weighted by Gasteiger charge is 2.28. The van der Waals surface area contributed by atoms with Gasteiger partial charge in [0.1, 0.15) is 0 Å². The molecule has 0 radical (unpaired) electrons. The van der Waals surface area contributed by atoms with E-state index in [0.29, 0.717) is 29.8 Å². The van der Waals surface area contributed by atoms with Crippen LogP contribution in [0.1, 0.15) is 52.1 Å². The van der Waals surface area contributed by atoms with Gasteiger partial charge in [-0.25, -0.2) is 0 Å². The first-order chi connectivity index (χ1) is 18.0. The van der Waals surface area contributed by atoms with E-state index in [9.17, 15) is 14.7 Å². The monoisotopic (exact) mass is 498 g/mol. The Morgan fingerprint density at radius 1 is 1.14 bits per heavy atom. The number of fused-ring (bicyclic) bond motifs is 1. The molecule has 4 N–H and O–H groups in total. The van der Waals surface area contributed by atoms with E-state index in [1.54, 1.807) is 6.08 Å². The Hall–Kier alpha value is -3.68. The molecule has 1 aromatic heterocycles. The summed E-state index contributed by atoms with van der Waals surface area (Å²) in [6, 6.07) is 15.7. The van der Waals surface area contributed by atoms with Crippen LogP contribution >= 0.6 is 0 Å². The molecule has 1 saturated heterocycles. The minimum Gasteiger partial charge on any atom is -0.396 e. The molecular weight excluding hydrogens is 464 g/mol. The molecule has 0 bridgehead atoms. The molecule has 7 heteroatoms. The van der Waals surface area contributed by atoms with Crippen molar-refractivity contribution in [2.75, 3.05) is 38.1 Å². The lowest BCUT2D eigenvalue weighted by molar-refractivity contribution is -0.110. The Morgan fingerprint density at radius 2 is 1.95 bits per heavy atom. The second-order valence-electron chi connectivity index (χ2n) is 9.85. The van der Waals surface area contributed by atoms with Gasteiger partial charge < -0.3 is 25.6 Å². The third kappa shape index (κ3) is 5.53. The summed E-state index contributed by atoms with van der Waals surface area (Å²) in [6.07, 6.45) is 5.80. The average molecular weight is 499 g/mol. The van der Waals surface area contributed by atoms with E-state index in [0.717, 1.165) is 59.7 Å². The molecule has 2 aliphatic heterocycles. The highest BCUT2D eigenvalue weighted by Crippen LogP contribution is 2.40. The summed E-state index contributed by atoms with van der Waals surface area (Å²) in [5.41, 5.74) is 7.04. The summed E-state index contributed by atoms with van der Waals surface area (Å²) in [5, 5.41) is 15.4. The fourth-order valence-corrected chi connectivity index (χ4v) is 5.31. The highest BCUT2D eigenvalue weighted by atomic mass is 16.3. The number of hydrogen-bond donors (Lipinski definition) is 4. The van der Waals surface area contributed by atoms with Crippen LogP contribution in [-0.4, -0.2) is 59.6 Å². The smallest absolute Gasteiger partial charge is 0.256 e. The molecule has 192 valence electrons. The highest BCUT2D eigenvalue weighted by molar-refractivity contribution is 6.36. The lowest BCUT2D eigenvalue weighted by Crippen LogP contribution is -2.28. The van der Waals surface area contributed by atoms with Gasteiger partial charge in [0.25, 0.3) is 11.8 Å². The SMILES string of the molecule is Cc1cc(C(=O)NCCCN2CCCC2)c(C=C2C(=O)Nc3cccc(-c4cccc(CCO)c4)c32)[nH]1. The van der Waals surface area contributed by atoms with Crippen LogP contribution in [0.3, 0.4) is 0 Å². The lowest BCUT2D eigenvalue weighted by Gasteiger charge is -2.14. The fourth-order valence-electron chi connectivity index (χ4n) is 5.31. The molecule has 2 aromatic carbocycles. The lowest BCUT2D eigenvalue weighted by atomic mass is 9.93. The molecule has 3 aromatic rings. The Balaban J connectivity index is 1.41. The maximum absolute atomic E-state index is 13.1. The molecule has 37 heavy (non-hydrogen) atoms. The normalized spacial score (nSPS) is 16.3. The van der Waals surface area contributed by atoms with Crippen molar-refractivity contribution in [2.45, 2.75) is 32.6 Å². The first kappa shape index (κ1) is 25.0. The van der Waals surface area contributed by atoms with Crippen LogP contribution in [0.5, 0.6) is 0 Å². The molecule has 1 fully saturated rings. The Morgan fingerprint density at radius 3 is 2.76 bits per heavy atom. The Bertz CT molecular complexity index is 1330. The molecule has 0 spiro atoms. The predicted octanol–water partition coefficient (Wildman–Crippen LogP) is 4.23. The zero-order valence-electron chi connectivity index (χ0n) is 21.3. The summed E-state index contributed by atoms with van der Waals surface area (Å²) < 4.78 is 0. The molecule has 0 aliphatic carbocycles. The molecule has 0 atom stereocenters. The van der Waals surface area contributed by atoms with Gasteiger partial charge in [-0.15, -0.1) is 0 Å². The first-order valence-corrected chi connectivity index (χ1v) is 13.1. The van der Waals surface area contributed by atoms with E-state index in [1.807, 2.05) is 55.5 Å². The third-order valence-corrected chi connectivity index (χ3v) is 7.12. The second kappa shape index (κ2) is 11.2. The van der Waals surface area contributed by atoms with Gasteiger partial charge in [-0.2, -0.15) is 0 Å². The fraction of sp³-hybridized carbons (Fsp3) is 0.333. The van der Waals surface area contributed by atoms with Gasteiger partial charge in [0.15, 0.2) is 0 Å². The number of nitrogens with one attached hydrogen (secondary N) is 3. The third-order valence-electron chi connectivity index (χ3n) is 7.12. The Labute approximate surface area is 217 Å². The Kier molecular flexibility index (Phi) is 7.53. The molecule has 7 nitrogen and oxygen atoms in total.